The summed E-state index contributed by atoms with van der Waals surface area (Å²) in [6, 6.07) is 20.4. The third kappa shape index (κ3) is 2.77. The molecule has 0 aliphatic carbocycles. The Balaban J connectivity index is 1.87. The van der Waals surface area contributed by atoms with Crippen LogP contribution in [0.25, 0.3) is 21.9 Å². The molecule has 0 bridgehead atoms. The lowest BCUT2D eigenvalue weighted by molar-refractivity contribution is 0.669. The van der Waals surface area contributed by atoms with E-state index >= 15 is 0 Å². The lowest BCUT2D eigenvalue weighted by atomic mass is 10.1. The maximum Gasteiger partial charge on any atom is 0.154 e. The molecule has 0 aliphatic heterocycles. The molecule has 122 valence electrons. The summed E-state index contributed by atoms with van der Waals surface area (Å²) >= 11 is 6.05. The normalized spacial score (nSPS) is 12.0. The van der Waals surface area contributed by atoms with Crippen LogP contribution in [0.3, 0.4) is 0 Å². The number of halogens is 1. The van der Waals surface area contributed by atoms with Crippen molar-refractivity contribution in [1.29, 1.82) is 5.41 Å². The number of amidine groups is 2. The highest BCUT2D eigenvalue weighted by Crippen LogP contribution is 2.32. The van der Waals surface area contributed by atoms with Crippen molar-refractivity contribution in [3.63, 3.8) is 0 Å². The number of nitrogens with one attached hydrogen (secondary N) is 1. The highest BCUT2D eigenvalue weighted by molar-refractivity contribution is 6.31. The van der Waals surface area contributed by atoms with Crippen molar-refractivity contribution in [2.75, 3.05) is 0 Å². The summed E-state index contributed by atoms with van der Waals surface area (Å²) < 4.78 is 5.87. The molecule has 0 saturated heterocycles. The van der Waals surface area contributed by atoms with Gasteiger partial charge in [-0.3, -0.25) is 5.41 Å². The summed E-state index contributed by atoms with van der Waals surface area (Å²) in [5.74, 6) is 0.392. The lowest BCUT2D eigenvalue weighted by Crippen LogP contribution is -2.16. The van der Waals surface area contributed by atoms with Crippen LogP contribution in [0, 0.1) is 5.41 Å². The van der Waals surface area contributed by atoms with Gasteiger partial charge in [0.2, 0.25) is 0 Å². The zero-order chi connectivity index (χ0) is 17.4. The van der Waals surface area contributed by atoms with E-state index in [-0.39, 0.29) is 11.7 Å². The third-order valence-corrected chi connectivity index (χ3v) is 4.25. The number of furan rings is 1. The first kappa shape index (κ1) is 15.4. The summed E-state index contributed by atoms with van der Waals surface area (Å²) in [6.45, 7) is 0. The van der Waals surface area contributed by atoms with E-state index in [9.17, 15) is 0 Å². The number of hydrogen-bond donors (Lipinski definition) is 2. The minimum atomic E-state index is 0.117. The fraction of sp³-hybridized carbons (Fsp3) is 0. The van der Waals surface area contributed by atoms with Crippen molar-refractivity contribution >= 4 is 45.2 Å². The quantitative estimate of drug-likeness (QED) is 0.396. The van der Waals surface area contributed by atoms with Crippen LogP contribution in [-0.4, -0.2) is 11.7 Å². The van der Waals surface area contributed by atoms with Crippen molar-refractivity contribution in [3.8, 4) is 0 Å². The van der Waals surface area contributed by atoms with Crippen LogP contribution < -0.4 is 5.73 Å². The van der Waals surface area contributed by atoms with Gasteiger partial charge in [0.25, 0.3) is 0 Å². The van der Waals surface area contributed by atoms with E-state index in [1.807, 2.05) is 60.7 Å². The lowest BCUT2D eigenvalue weighted by Gasteiger charge is -2.04. The first-order valence-corrected chi connectivity index (χ1v) is 8.10. The van der Waals surface area contributed by atoms with E-state index < -0.39 is 0 Å². The highest BCUT2D eigenvalue weighted by Gasteiger charge is 2.14. The molecular formula is C20H14ClN3O. The molecule has 4 nitrogen and oxygen atoms in total. The SMILES string of the molecule is N=C(/N=C(\N)c1cccc2oc3cc(Cl)ccc3c12)c1ccccc1. The number of hydrogen-bond acceptors (Lipinski definition) is 2. The molecular weight excluding hydrogens is 334 g/mol. The number of rotatable bonds is 2. The van der Waals surface area contributed by atoms with Crippen molar-refractivity contribution in [2.24, 2.45) is 10.7 Å². The van der Waals surface area contributed by atoms with Gasteiger partial charge in [-0.2, -0.15) is 0 Å². The molecule has 0 amide bonds. The maximum absolute atomic E-state index is 8.16. The molecule has 0 spiro atoms. The van der Waals surface area contributed by atoms with Crippen molar-refractivity contribution in [2.45, 2.75) is 0 Å². The van der Waals surface area contributed by atoms with Crippen LogP contribution >= 0.6 is 11.6 Å². The topological polar surface area (TPSA) is 75.4 Å². The van der Waals surface area contributed by atoms with Gasteiger partial charge in [0.05, 0.1) is 0 Å². The van der Waals surface area contributed by atoms with Gasteiger partial charge < -0.3 is 10.2 Å². The molecule has 0 unspecified atom stereocenters. The third-order valence-electron chi connectivity index (χ3n) is 4.01. The zero-order valence-corrected chi connectivity index (χ0v) is 13.9. The molecule has 4 aromatic rings. The molecule has 4 rings (SSSR count). The van der Waals surface area contributed by atoms with Crippen molar-refractivity contribution in [3.05, 3.63) is 82.9 Å². The van der Waals surface area contributed by atoms with Gasteiger partial charge in [-0.05, 0) is 18.2 Å². The number of nitrogens with zero attached hydrogens (tertiary/aromatic N) is 1. The number of fused-ring (bicyclic) bond motifs is 3. The summed E-state index contributed by atoms with van der Waals surface area (Å²) in [6.07, 6.45) is 0. The smallest absolute Gasteiger partial charge is 0.154 e. The van der Waals surface area contributed by atoms with Gasteiger partial charge in [0.15, 0.2) is 5.84 Å². The van der Waals surface area contributed by atoms with Gasteiger partial charge in [0.1, 0.15) is 17.0 Å². The second-order valence-corrected chi connectivity index (χ2v) is 6.07. The minimum Gasteiger partial charge on any atom is -0.456 e. The maximum atomic E-state index is 8.16. The van der Waals surface area contributed by atoms with E-state index in [1.165, 1.54) is 0 Å². The molecule has 1 heterocycles. The Morgan fingerprint density at radius 1 is 0.960 bits per heavy atom. The Labute approximate surface area is 149 Å². The Bertz CT molecular complexity index is 1130. The van der Waals surface area contributed by atoms with Gasteiger partial charge in [-0.25, -0.2) is 4.99 Å². The van der Waals surface area contributed by atoms with E-state index in [2.05, 4.69) is 4.99 Å². The Morgan fingerprint density at radius 2 is 1.76 bits per heavy atom. The van der Waals surface area contributed by atoms with Crippen molar-refractivity contribution < 1.29 is 4.42 Å². The largest absolute Gasteiger partial charge is 0.456 e. The first-order chi connectivity index (χ1) is 12.1. The van der Waals surface area contributed by atoms with Gasteiger partial charge in [-0.15, -0.1) is 0 Å². The van der Waals surface area contributed by atoms with E-state index in [0.717, 1.165) is 16.3 Å². The van der Waals surface area contributed by atoms with Crippen LogP contribution in [0.4, 0.5) is 0 Å². The molecule has 3 N–H and O–H groups in total. The molecule has 0 fully saturated rings. The van der Waals surface area contributed by atoms with E-state index in [1.54, 1.807) is 6.07 Å². The molecule has 3 aromatic carbocycles. The minimum absolute atomic E-state index is 0.117. The summed E-state index contributed by atoms with van der Waals surface area (Å²) in [7, 11) is 0. The number of aliphatic imine (C=N–C) groups is 1. The zero-order valence-electron chi connectivity index (χ0n) is 13.2. The summed E-state index contributed by atoms with van der Waals surface area (Å²) in [5.41, 5.74) is 9.07. The molecule has 0 radical (unpaired) electrons. The molecule has 0 saturated carbocycles. The second-order valence-electron chi connectivity index (χ2n) is 5.63. The Morgan fingerprint density at radius 3 is 2.56 bits per heavy atom. The summed E-state index contributed by atoms with van der Waals surface area (Å²) in [5, 5.41) is 10.6. The highest BCUT2D eigenvalue weighted by atomic mass is 35.5. The average molecular weight is 348 g/mol. The second kappa shape index (κ2) is 6.07. The molecule has 0 atom stereocenters. The van der Waals surface area contributed by atoms with Gasteiger partial charge >= 0.3 is 0 Å². The Kier molecular flexibility index (Phi) is 3.75. The van der Waals surface area contributed by atoms with Gasteiger partial charge in [-0.1, -0.05) is 54.1 Å². The van der Waals surface area contributed by atoms with E-state index in [0.29, 0.717) is 21.8 Å². The van der Waals surface area contributed by atoms with Crippen LogP contribution in [-0.2, 0) is 0 Å². The van der Waals surface area contributed by atoms with Crippen molar-refractivity contribution in [1.82, 2.24) is 0 Å². The molecule has 0 aliphatic rings. The van der Waals surface area contributed by atoms with Crippen LogP contribution in [0.15, 0.2) is 76.1 Å². The fourth-order valence-corrected chi connectivity index (χ4v) is 3.02. The predicted molar refractivity (Wildman–Crippen MR) is 103 cm³/mol. The number of benzene rings is 3. The Hall–Kier alpha value is -3.11. The van der Waals surface area contributed by atoms with Crippen LogP contribution in [0.1, 0.15) is 11.1 Å². The van der Waals surface area contributed by atoms with E-state index in [4.69, 9.17) is 27.2 Å². The standard InChI is InChI=1S/C20H14ClN3O/c21-13-9-10-14-17(11-13)25-16-8-4-7-15(18(14)16)20(23)24-19(22)12-5-2-1-3-6-12/h1-11H,(H3,22,23,24). The summed E-state index contributed by atoms with van der Waals surface area (Å²) in [4.78, 5) is 4.28. The number of nitrogens with two attached hydrogens (primary N) is 1. The molecule has 25 heavy (non-hydrogen) atoms. The first-order valence-electron chi connectivity index (χ1n) is 7.73. The monoisotopic (exact) mass is 347 g/mol. The van der Waals surface area contributed by atoms with Crippen LogP contribution in [0.2, 0.25) is 5.02 Å². The average Bonchev–Trinajstić information content (AvgIpc) is 2.99. The molecule has 5 heteroatoms. The fourth-order valence-electron chi connectivity index (χ4n) is 2.85. The predicted octanol–water partition coefficient (Wildman–Crippen LogP) is 4.97. The van der Waals surface area contributed by atoms with Crippen LogP contribution in [0.5, 0.6) is 0 Å². The van der Waals surface area contributed by atoms with Gasteiger partial charge in [0, 0.05) is 33.0 Å². The molecule has 1 aromatic heterocycles.